The van der Waals surface area contributed by atoms with E-state index in [9.17, 15) is 18.7 Å². The van der Waals surface area contributed by atoms with Crippen LogP contribution in [0.15, 0.2) is 18.2 Å². The van der Waals surface area contributed by atoms with Gasteiger partial charge in [0.1, 0.15) is 17.2 Å². The molecule has 1 amide bonds. The summed E-state index contributed by atoms with van der Waals surface area (Å²) in [7, 11) is 0. The summed E-state index contributed by atoms with van der Waals surface area (Å²) in [5.41, 5.74) is -1.18. The first-order valence-corrected chi connectivity index (χ1v) is 7.64. The van der Waals surface area contributed by atoms with Crippen LogP contribution < -0.4 is 5.32 Å². The molecular weight excluding hydrogens is 284 g/mol. The molecular formula is C14H17F2NO2S. The van der Waals surface area contributed by atoms with E-state index >= 15 is 0 Å². The van der Waals surface area contributed by atoms with Gasteiger partial charge in [-0.1, -0.05) is 6.07 Å². The van der Waals surface area contributed by atoms with Crippen molar-refractivity contribution in [2.45, 2.75) is 31.4 Å². The lowest BCUT2D eigenvalue weighted by Gasteiger charge is -2.31. The van der Waals surface area contributed by atoms with Gasteiger partial charge in [0.15, 0.2) is 0 Å². The zero-order valence-corrected chi connectivity index (χ0v) is 12.0. The van der Waals surface area contributed by atoms with Crippen molar-refractivity contribution < 1.29 is 18.7 Å². The molecule has 3 nitrogen and oxygen atoms in total. The highest BCUT2D eigenvalue weighted by Gasteiger charge is 2.38. The predicted molar refractivity (Wildman–Crippen MR) is 74.4 cm³/mol. The van der Waals surface area contributed by atoms with E-state index < -0.39 is 29.2 Å². The van der Waals surface area contributed by atoms with Crippen LogP contribution in [-0.2, 0) is 4.79 Å². The second-order valence-electron chi connectivity index (χ2n) is 5.00. The Kier molecular flexibility index (Phi) is 4.65. The Balaban J connectivity index is 2.07. The first-order valence-electron chi connectivity index (χ1n) is 6.48. The Bertz CT molecular complexity index is 504. The summed E-state index contributed by atoms with van der Waals surface area (Å²) in [5, 5.41) is 12.9. The second-order valence-corrected chi connectivity index (χ2v) is 6.23. The number of thioether (sulfide) groups is 1. The number of benzene rings is 1. The van der Waals surface area contributed by atoms with Crippen molar-refractivity contribution in [2.24, 2.45) is 0 Å². The van der Waals surface area contributed by atoms with Crippen LogP contribution in [-0.4, -0.2) is 28.1 Å². The van der Waals surface area contributed by atoms with Crippen LogP contribution in [0.2, 0.25) is 0 Å². The van der Waals surface area contributed by atoms with Crippen molar-refractivity contribution in [2.75, 3.05) is 11.5 Å². The minimum absolute atomic E-state index is 0.202. The first-order chi connectivity index (χ1) is 9.42. The number of rotatable bonds is 3. The molecule has 1 aliphatic rings. The summed E-state index contributed by atoms with van der Waals surface area (Å²) in [6, 6.07) is 2.61. The number of nitrogens with one attached hydrogen (secondary N) is 1. The summed E-state index contributed by atoms with van der Waals surface area (Å²) < 4.78 is 26.5. The fourth-order valence-corrected chi connectivity index (χ4v) is 3.37. The normalized spacial score (nSPS) is 19.4. The fraction of sp³-hybridized carbons (Fsp3) is 0.500. The molecule has 1 aromatic carbocycles. The number of hydrogen-bond acceptors (Lipinski definition) is 3. The Morgan fingerprint density at radius 1 is 1.40 bits per heavy atom. The SMILES string of the molecule is CC(NC(=O)C1(O)CCSCC1)c1ccc(F)cc1F. The molecule has 1 fully saturated rings. The number of carbonyl (C=O) groups excluding carboxylic acids is 1. The molecule has 2 rings (SSSR count). The smallest absolute Gasteiger partial charge is 0.252 e. The Labute approximate surface area is 120 Å². The number of halogens is 2. The number of hydrogen-bond donors (Lipinski definition) is 2. The van der Waals surface area contributed by atoms with Gasteiger partial charge in [-0.2, -0.15) is 11.8 Å². The van der Waals surface area contributed by atoms with E-state index in [1.165, 1.54) is 6.07 Å². The lowest BCUT2D eigenvalue weighted by molar-refractivity contribution is -0.141. The average molecular weight is 301 g/mol. The lowest BCUT2D eigenvalue weighted by atomic mass is 9.95. The van der Waals surface area contributed by atoms with Gasteiger partial charge in [0.05, 0.1) is 6.04 Å². The highest BCUT2D eigenvalue weighted by atomic mass is 32.2. The molecule has 6 heteroatoms. The molecule has 20 heavy (non-hydrogen) atoms. The molecule has 1 aliphatic heterocycles. The highest BCUT2D eigenvalue weighted by Crippen LogP contribution is 2.28. The van der Waals surface area contributed by atoms with Crippen molar-refractivity contribution in [3.63, 3.8) is 0 Å². The maximum absolute atomic E-state index is 13.6. The van der Waals surface area contributed by atoms with Gasteiger partial charge in [0.25, 0.3) is 5.91 Å². The molecule has 1 aromatic rings. The number of carbonyl (C=O) groups is 1. The molecule has 0 aromatic heterocycles. The quantitative estimate of drug-likeness (QED) is 0.901. The monoisotopic (exact) mass is 301 g/mol. The average Bonchev–Trinajstić information content (AvgIpc) is 2.39. The van der Waals surface area contributed by atoms with E-state index in [0.29, 0.717) is 12.8 Å². The zero-order chi connectivity index (χ0) is 14.8. The van der Waals surface area contributed by atoms with Gasteiger partial charge in [-0.05, 0) is 37.3 Å². The molecule has 0 radical (unpaired) electrons. The fourth-order valence-electron chi connectivity index (χ4n) is 2.20. The van der Waals surface area contributed by atoms with Crippen LogP contribution in [0.4, 0.5) is 8.78 Å². The van der Waals surface area contributed by atoms with Crippen LogP contribution in [0.3, 0.4) is 0 Å². The first kappa shape index (κ1) is 15.3. The molecule has 1 atom stereocenters. The summed E-state index contributed by atoms with van der Waals surface area (Å²) in [4.78, 5) is 12.1. The Morgan fingerprint density at radius 2 is 2.05 bits per heavy atom. The van der Waals surface area contributed by atoms with Gasteiger partial charge >= 0.3 is 0 Å². The van der Waals surface area contributed by atoms with Crippen LogP contribution in [0.1, 0.15) is 31.4 Å². The zero-order valence-electron chi connectivity index (χ0n) is 11.2. The molecule has 0 aliphatic carbocycles. The van der Waals surface area contributed by atoms with Crippen LogP contribution in [0.25, 0.3) is 0 Å². The number of amides is 1. The van der Waals surface area contributed by atoms with E-state index in [-0.39, 0.29) is 5.56 Å². The van der Waals surface area contributed by atoms with Crippen molar-refractivity contribution in [3.8, 4) is 0 Å². The number of aliphatic hydroxyl groups is 1. The molecule has 110 valence electrons. The van der Waals surface area contributed by atoms with Crippen molar-refractivity contribution >= 4 is 17.7 Å². The van der Waals surface area contributed by atoms with Crippen molar-refractivity contribution in [1.82, 2.24) is 5.32 Å². The van der Waals surface area contributed by atoms with E-state index in [1.54, 1.807) is 18.7 Å². The van der Waals surface area contributed by atoms with Gasteiger partial charge in [-0.25, -0.2) is 8.78 Å². The van der Waals surface area contributed by atoms with E-state index in [2.05, 4.69) is 5.32 Å². The summed E-state index contributed by atoms with van der Waals surface area (Å²) >= 11 is 1.69. The van der Waals surface area contributed by atoms with E-state index in [4.69, 9.17) is 0 Å². The Hall–Kier alpha value is -1.14. The van der Waals surface area contributed by atoms with Crippen LogP contribution >= 0.6 is 11.8 Å². The van der Waals surface area contributed by atoms with E-state index in [0.717, 1.165) is 23.6 Å². The second kappa shape index (κ2) is 6.10. The Morgan fingerprint density at radius 3 is 2.65 bits per heavy atom. The largest absolute Gasteiger partial charge is 0.380 e. The molecule has 2 N–H and O–H groups in total. The topological polar surface area (TPSA) is 49.3 Å². The molecule has 1 saturated heterocycles. The lowest BCUT2D eigenvalue weighted by Crippen LogP contribution is -2.49. The van der Waals surface area contributed by atoms with Gasteiger partial charge in [0, 0.05) is 11.6 Å². The molecule has 1 heterocycles. The van der Waals surface area contributed by atoms with Crippen molar-refractivity contribution in [3.05, 3.63) is 35.4 Å². The third-order valence-electron chi connectivity index (χ3n) is 3.52. The van der Waals surface area contributed by atoms with Crippen LogP contribution in [0.5, 0.6) is 0 Å². The summed E-state index contributed by atoms with van der Waals surface area (Å²) in [6.45, 7) is 1.61. The maximum atomic E-state index is 13.6. The van der Waals surface area contributed by atoms with Gasteiger partial charge in [-0.15, -0.1) is 0 Å². The minimum atomic E-state index is -1.38. The highest BCUT2D eigenvalue weighted by molar-refractivity contribution is 7.99. The minimum Gasteiger partial charge on any atom is -0.380 e. The third kappa shape index (κ3) is 3.30. The van der Waals surface area contributed by atoms with Gasteiger partial charge in [-0.3, -0.25) is 4.79 Å². The van der Waals surface area contributed by atoms with Gasteiger partial charge < -0.3 is 10.4 Å². The molecule has 0 bridgehead atoms. The van der Waals surface area contributed by atoms with Crippen molar-refractivity contribution in [1.29, 1.82) is 0 Å². The van der Waals surface area contributed by atoms with Crippen LogP contribution in [0, 0.1) is 11.6 Å². The van der Waals surface area contributed by atoms with Gasteiger partial charge in [0.2, 0.25) is 0 Å². The molecule has 1 unspecified atom stereocenters. The van der Waals surface area contributed by atoms with E-state index in [1.807, 2.05) is 0 Å². The summed E-state index contributed by atoms with van der Waals surface area (Å²) in [5.74, 6) is -0.405. The molecule has 0 spiro atoms. The molecule has 0 saturated carbocycles. The predicted octanol–water partition coefficient (Wildman–Crippen LogP) is 2.40. The standard InChI is InChI=1S/C14H17F2NO2S/c1-9(11-3-2-10(15)8-12(11)16)17-13(18)14(19)4-6-20-7-5-14/h2-3,8-9,19H,4-7H2,1H3,(H,17,18). The summed E-state index contributed by atoms with van der Waals surface area (Å²) in [6.07, 6.45) is 0.782. The third-order valence-corrected chi connectivity index (χ3v) is 4.50. The maximum Gasteiger partial charge on any atom is 0.252 e.